The lowest BCUT2D eigenvalue weighted by Crippen LogP contribution is -2.37. The van der Waals surface area contributed by atoms with E-state index in [0.29, 0.717) is 24.6 Å². The van der Waals surface area contributed by atoms with E-state index >= 15 is 0 Å². The normalized spacial score (nSPS) is 15.5. The van der Waals surface area contributed by atoms with Gasteiger partial charge in [0, 0.05) is 31.9 Å². The number of nitrogens with one attached hydrogen (secondary N) is 1. The van der Waals surface area contributed by atoms with Crippen LogP contribution in [0.1, 0.15) is 30.1 Å². The zero-order valence-electron chi connectivity index (χ0n) is 13.2. The second kappa shape index (κ2) is 9.38. The molecule has 0 radical (unpaired) electrons. The predicted molar refractivity (Wildman–Crippen MR) is 84.2 cm³/mol. The molecule has 6 nitrogen and oxygen atoms in total. The Labute approximate surface area is 131 Å². The van der Waals surface area contributed by atoms with Gasteiger partial charge in [-0.05, 0) is 32.4 Å². The Hall–Kier alpha value is -1.66. The monoisotopic (exact) mass is 307 g/mol. The van der Waals surface area contributed by atoms with E-state index in [4.69, 9.17) is 9.47 Å². The maximum Gasteiger partial charge on any atom is 0.252 e. The molecular formula is C16H25N3O3. The van der Waals surface area contributed by atoms with Crippen LogP contribution in [0.25, 0.3) is 0 Å². The fourth-order valence-corrected chi connectivity index (χ4v) is 2.34. The topological polar surface area (TPSA) is 63.7 Å². The second-order valence-corrected chi connectivity index (χ2v) is 5.24. The number of pyridine rings is 1. The number of carbonyl (C=O) groups excluding carboxylic acids is 1. The number of unbranched alkanes of at least 4 members (excludes halogenated alkanes) is 1. The Morgan fingerprint density at radius 1 is 1.36 bits per heavy atom. The van der Waals surface area contributed by atoms with Crippen LogP contribution < -0.4 is 10.1 Å². The number of amides is 1. The number of morpholine rings is 1. The zero-order valence-corrected chi connectivity index (χ0v) is 13.2. The molecule has 1 aliphatic rings. The van der Waals surface area contributed by atoms with Crippen LogP contribution in [0.2, 0.25) is 0 Å². The molecule has 1 aromatic rings. The van der Waals surface area contributed by atoms with E-state index in [1.54, 1.807) is 18.3 Å². The highest BCUT2D eigenvalue weighted by Gasteiger charge is 2.09. The average molecular weight is 307 g/mol. The van der Waals surface area contributed by atoms with E-state index in [1.165, 1.54) is 0 Å². The van der Waals surface area contributed by atoms with Gasteiger partial charge >= 0.3 is 0 Å². The number of ether oxygens (including phenoxy) is 2. The molecule has 1 fully saturated rings. The lowest BCUT2D eigenvalue weighted by molar-refractivity contribution is 0.0372. The minimum Gasteiger partial charge on any atom is -0.478 e. The molecule has 0 aliphatic carbocycles. The van der Waals surface area contributed by atoms with E-state index in [2.05, 4.69) is 15.2 Å². The number of hydrogen-bond acceptors (Lipinski definition) is 5. The predicted octanol–water partition coefficient (Wildman–Crippen LogP) is 1.32. The minimum atomic E-state index is -0.0816. The molecular weight excluding hydrogens is 282 g/mol. The van der Waals surface area contributed by atoms with Crippen LogP contribution in [-0.2, 0) is 4.74 Å². The van der Waals surface area contributed by atoms with Crippen molar-refractivity contribution in [2.24, 2.45) is 0 Å². The highest BCUT2D eigenvalue weighted by molar-refractivity contribution is 5.93. The van der Waals surface area contributed by atoms with Gasteiger partial charge in [-0.15, -0.1) is 0 Å². The molecule has 0 saturated carbocycles. The number of rotatable bonds is 8. The van der Waals surface area contributed by atoms with Crippen LogP contribution in [0.15, 0.2) is 18.3 Å². The van der Waals surface area contributed by atoms with Crippen LogP contribution in [0, 0.1) is 0 Å². The highest BCUT2D eigenvalue weighted by Crippen LogP contribution is 2.07. The van der Waals surface area contributed by atoms with Gasteiger partial charge in [0.25, 0.3) is 5.91 Å². The fourth-order valence-electron chi connectivity index (χ4n) is 2.34. The van der Waals surface area contributed by atoms with Gasteiger partial charge in [0.1, 0.15) is 0 Å². The summed E-state index contributed by atoms with van der Waals surface area (Å²) in [5.74, 6) is 0.464. The van der Waals surface area contributed by atoms with Crippen molar-refractivity contribution in [2.75, 3.05) is 46.0 Å². The smallest absolute Gasteiger partial charge is 0.252 e. The van der Waals surface area contributed by atoms with Gasteiger partial charge in [-0.1, -0.05) is 0 Å². The molecule has 1 N–H and O–H groups in total. The molecule has 2 rings (SSSR count). The van der Waals surface area contributed by atoms with Crippen LogP contribution in [0.3, 0.4) is 0 Å². The van der Waals surface area contributed by atoms with E-state index in [1.807, 2.05) is 6.92 Å². The van der Waals surface area contributed by atoms with Gasteiger partial charge in [0.15, 0.2) is 0 Å². The molecule has 22 heavy (non-hydrogen) atoms. The largest absolute Gasteiger partial charge is 0.478 e. The molecule has 6 heteroatoms. The van der Waals surface area contributed by atoms with E-state index in [0.717, 1.165) is 45.7 Å². The molecule has 122 valence electrons. The quantitative estimate of drug-likeness (QED) is 0.734. The molecule has 0 spiro atoms. The lowest BCUT2D eigenvalue weighted by atomic mass is 10.2. The van der Waals surface area contributed by atoms with Gasteiger partial charge in [0.2, 0.25) is 5.88 Å². The molecule has 0 unspecified atom stereocenters. The molecule has 1 aromatic heterocycles. The Balaban J connectivity index is 1.60. The van der Waals surface area contributed by atoms with Crippen molar-refractivity contribution in [3.8, 4) is 5.88 Å². The maximum atomic E-state index is 12.0. The van der Waals surface area contributed by atoms with Crippen LogP contribution in [-0.4, -0.2) is 61.8 Å². The second-order valence-electron chi connectivity index (χ2n) is 5.24. The molecule has 1 aliphatic heterocycles. The van der Waals surface area contributed by atoms with Gasteiger partial charge in [0.05, 0.1) is 25.4 Å². The third-order valence-corrected chi connectivity index (χ3v) is 3.58. The number of nitrogens with zero attached hydrogens (tertiary/aromatic N) is 2. The van der Waals surface area contributed by atoms with Crippen molar-refractivity contribution >= 4 is 5.91 Å². The van der Waals surface area contributed by atoms with Crippen molar-refractivity contribution in [1.29, 1.82) is 0 Å². The molecule has 0 aromatic carbocycles. The standard InChI is InChI=1S/C16H25N3O3/c1-2-22-15-6-5-14(13-18-15)16(20)17-7-3-4-8-19-9-11-21-12-10-19/h5-6,13H,2-4,7-12H2,1H3,(H,17,20). The van der Waals surface area contributed by atoms with Gasteiger partial charge in [-0.25, -0.2) is 4.98 Å². The first kappa shape index (κ1) is 16.7. The zero-order chi connectivity index (χ0) is 15.6. The highest BCUT2D eigenvalue weighted by atomic mass is 16.5. The summed E-state index contributed by atoms with van der Waals surface area (Å²) < 4.78 is 10.6. The van der Waals surface area contributed by atoms with E-state index in [9.17, 15) is 4.79 Å². The molecule has 1 amide bonds. The summed E-state index contributed by atoms with van der Waals surface area (Å²) in [4.78, 5) is 18.5. The van der Waals surface area contributed by atoms with Crippen LogP contribution in [0.5, 0.6) is 5.88 Å². The maximum absolute atomic E-state index is 12.0. The average Bonchev–Trinajstić information content (AvgIpc) is 2.56. The minimum absolute atomic E-state index is 0.0816. The molecule has 0 atom stereocenters. The molecule has 0 bridgehead atoms. The molecule has 2 heterocycles. The molecule has 1 saturated heterocycles. The number of aromatic nitrogens is 1. The Bertz CT molecular complexity index is 444. The first-order valence-corrected chi connectivity index (χ1v) is 7.96. The summed E-state index contributed by atoms with van der Waals surface area (Å²) in [6.07, 6.45) is 3.61. The third-order valence-electron chi connectivity index (χ3n) is 3.58. The van der Waals surface area contributed by atoms with Crippen molar-refractivity contribution in [1.82, 2.24) is 15.2 Å². The summed E-state index contributed by atoms with van der Waals surface area (Å²) in [5.41, 5.74) is 0.566. The van der Waals surface area contributed by atoms with Gasteiger partial charge in [-0.3, -0.25) is 9.69 Å². The van der Waals surface area contributed by atoms with Crippen LogP contribution in [0.4, 0.5) is 0 Å². The first-order chi connectivity index (χ1) is 10.8. The van der Waals surface area contributed by atoms with Gasteiger partial charge in [-0.2, -0.15) is 0 Å². The Morgan fingerprint density at radius 3 is 2.86 bits per heavy atom. The van der Waals surface area contributed by atoms with Crippen molar-refractivity contribution in [2.45, 2.75) is 19.8 Å². The fraction of sp³-hybridized carbons (Fsp3) is 0.625. The lowest BCUT2D eigenvalue weighted by Gasteiger charge is -2.26. The Morgan fingerprint density at radius 2 is 2.18 bits per heavy atom. The van der Waals surface area contributed by atoms with Gasteiger partial charge < -0.3 is 14.8 Å². The van der Waals surface area contributed by atoms with Crippen molar-refractivity contribution in [3.63, 3.8) is 0 Å². The van der Waals surface area contributed by atoms with E-state index in [-0.39, 0.29) is 5.91 Å². The van der Waals surface area contributed by atoms with Crippen molar-refractivity contribution < 1.29 is 14.3 Å². The number of carbonyl (C=O) groups is 1. The number of hydrogen-bond donors (Lipinski definition) is 1. The summed E-state index contributed by atoms with van der Waals surface area (Å²) in [6, 6.07) is 3.46. The Kier molecular flexibility index (Phi) is 7.12. The van der Waals surface area contributed by atoms with Crippen molar-refractivity contribution in [3.05, 3.63) is 23.9 Å². The summed E-state index contributed by atoms with van der Waals surface area (Å²) in [7, 11) is 0. The summed E-state index contributed by atoms with van der Waals surface area (Å²) in [5, 5.41) is 2.93. The first-order valence-electron chi connectivity index (χ1n) is 7.96. The van der Waals surface area contributed by atoms with Crippen LogP contribution >= 0.6 is 0 Å². The SMILES string of the molecule is CCOc1ccc(C(=O)NCCCCN2CCOCC2)cn1. The summed E-state index contributed by atoms with van der Waals surface area (Å²) in [6.45, 7) is 7.94. The summed E-state index contributed by atoms with van der Waals surface area (Å²) >= 11 is 0. The third kappa shape index (κ3) is 5.61. The van der Waals surface area contributed by atoms with E-state index < -0.39 is 0 Å².